The zero-order valence-corrected chi connectivity index (χ0v) is 23.5. The first kappa shape index (κ1) is 24.0. The highest BCUT2D eigenvalue weighted by atomic mass is 16.5. The SMILES string of the molecule is Cc1c2c(c(C)c3cc(CC(C)C)ccc13)-c1c3c(cc4ccc(CC(C)(C)C)cc4c3cc[n+]1C)O2. The number of aryl methyl sites for hydroxylation is 3. The smallest absolute Gasteiger partial charge is 0.228 e. The predicted molar refractivity (Wildman–Crippen MR) is 157 cm³/mol. The van der Waals surface area contributed by atoms with Gasteiger partial charge in [0.25, 0.3) is 0 Å². The van der Waals surface area contributed by atoms with Gasteiger partial charge >= 0.3 is 0 Å². The van der Waals surface area contributed by atoms with Gasteiger partial charge in [0.2, 0.25) is 5.69 Å². The van der Waals surface area contributed by atoms with Gasteiger partial charge in [-0.25, -0.2) is 4.57 Å². The maximum atomic E-state index is 6.82. The summed E-state index contributed by atoms with van der Waals surface area (Å²) in [6.45, 7) is 16.0. The zero-order valence-electron chi connectivity index (χ0n) is 23.5. The van der Waals surface area contributed by atoms with Crippen LogP contribution in [0.4, 0.5) is 0 Å². The summed E-state index contributed by atoms with van der Waals surface area (Å²) < 4.78 is 9.11. The molecule has 1 aromatic heterocycles. The maximum absolute atomic E-state index is 6.82. The van der Waals surface area contributed by atoms with Gasteiger partial charge in [-0.2, -0.15) is 0 Å². The first-order valence-electron chi connectivity index (χ1n) is 13.6. The lowest BCUT2D eigenvalue weighted by atomic mass is 9.85. The second-order valence-electron chi connectivity index (χ2n) is 12.8. The normalized spacial score (nSPS) is 13.0. The molecule has 4 aromatic carbocycles. The van der Waals surface area contributed by atoms with E-state index in [1.165, 1.54) is 65.8 Å². The second kappa shape index (κ2) is 8.31. The molecule has 5 aromatic rings. The molecule has 2 nitrogen and oxygen atoms in total. The number of hydrogen-bond acceptors (Lipinski definition) is 1. The number of ether oxygens (including phenoxy) is 1. The first-order valence-corrected chi connectivity index (χ1v) is 13.6. The van der Waals surface area contributed by atoms with E-state index >= 15 is 0 Å². The molecule has 0 bridgehead atoms. The summed E-state index contributed by atoms with van der Waals surface area (Å²) in [5.41, 5.74) is 8.05. The van der Waals surface area contributed by atoms with Crippen LogP contribution in [0.1, 0.15) is 56.9 Å². The average molecular weight is 489 g/mol. The van der Waals surface area contributed by atoms with Gasteiger partial charge in [0.05, 0.1) is 10.9 Å². The monoisotopic (exact) mass is 488 g/mol. The van der Waals surface area contributed by atoms with Crippen molar-refractivity contribution in [3.63, 3.8) is 0 Å². The molecular formula is C35H38NO+. The van der Waals surface area contributed by atoms with Gasteiger partial charge in [-0.05, 0) is 82.3 Å². The van der Waals surface area contributed by atoms with Crippen LogP contribution in [0.5, 0.6) is 11.5 Å². The molecule has 1 aliphatic heterocycles. The molecule has 0 spiro atoms. The van der Waals surface area contributed by atoms with Crippen molar-refractivity contribution in [3.8, 4) is 22.8 Å². The fourth-order valence-electron chi connectivity index (χ4n) is 6.37. The molecule has 6 rings (SSSR count). The van der Waals surface area contributed by atoms with Gasteiger partial charge in [-0.3, -0.25) is 0 Å². The molecule has 0 amide bonds. The van der Waals surface area contributed by atoms with Crippen molar-refractivity contribution in [2.45, 2.75) is 61.3 Å². The van der Waals surface area contributed by atoms with Crippen LogP contribution in [0, 0.1) is 25.2 Å². The van der Waals surface area contributed by atoms with Crippen LogP contribution in [0.15, 0.2) is 54.7 Å². The molecule has 1 aliphatic rings. The lowest BCUT2D eigenvalue weighted by Crippen LogP contribution is -2.32. The molecule has 0 unspecified atom stereocenters. The second-order valence-corrected chi connectivity index (χ2v) is 12.8. The van der Waals surface area contributed by atoms with Crippen molar-refractivity contribution >= 4 is 32.3 Å². The number of fused-ring (bicyclic) bond motifs is 5. The Hall–Kier alpha value is -3.39. The highest BCUT2D eigenvalue weighted by Gasteiger charge is 2.32. The molecule has 188 valence electrons. The minimum atomic E-state index is 0.249. The van der Waals surface area contributed by atoms with E-state index in [2.05, 4.69) is 115 Å². The van der Waals surface area contributed by atoms with Gasteiger partial charge in [0.15, 0.2) is 6.20 Å². The van der Waals surface area contributed by atoms with Gasteiger partial charge < -0.3 is 4.74 Å². The largest absolute Gasteiger partial charge is 0.455 e. The standard InChI is InChI=1S/C35H38NO/c1-20(2)15-23-10-12-26-22(4)34-31(21(3)28(26)16-23)33-32-27(13-14-36(33)8)29-17-24(19-35(5,6)7)9-11-25(29)18-30(32)37-34/h9-14,16-18,20H,15,19H2,1-8H3/q+1. The summed E-state index contributed by atoms with van der Waals surface area (Å²) in [6.07, 6.45) is 4.37. The summed E-state index contributed by atoms with van der Waals surface area (Å²) in [4.78, 5) is 0. The molecule has 2 heterocycles. The Morgan fingerprint density at radius 3 is 2.27 bits per heavy atom. The number of aromatic nitrogens is 1. The fourth-order valence-corrected chi connectivity index (χ4v) is 6.37. The molecule has 0 N–H and O–H groups in total. The minimum absolute atomic E-state index is 0.249. The zero-order chi connectivity index (χ0) is 26.2. The van der Waals surface area contributed by atoms with Crippen LogP contribution in [0.3, 0.4) is 0 Å². The summed E-state index contributed by atoms with van der Waals surface area (Å²) >= 11 is 0. The molecule has 37 heavy (non-hydrogen) atoms. The number of nitrogens with zero attached hydrogens (tertiary/aromatic N) is 1. The Morgan fingerprint density at radius 2 is 1.54 bits per heavy atom. The quantitative estimate of drug-likeness (QED) is 0.179. The topological polar surface area (TPSA) is 13.1 Å². The first-order chi connectivity index (χ1) is 17.5. The number of benzene rings is 4. The van der Waals surface area contributed by atoms with Crippen LogP contribution in [0.25, 0.3) is 43.6 Å². The Labute approximate surface area is 220 Å². The van der Waals surface area contributed by atoms with Crippen molar-refractivity contribution in [1.82, 2.24) is 0 Å². The fraction of sp³-hybridized carbons (Fsp3) is 0.343. The molecule has 0 radical (unpaired) electrons. The van der Waals surface area contributed by atoms with Crippen LogP contribution in [-0.4, -0.2) is 0 Å². The third-order valence-corrected chi connectivity index (χ3v) is 7.93. The minimum Gasteiger partial charge on any atom is -0.455 e. The summed E-state index contributed by atoms with van der Waals surface area (Å²) in [5.74, 6) is 2.60. The van der Waals surface area contributed by atoms with E-state index in [0.29, 0.717) is 5.92 Å². The van der Waals surface area contributed by atoms with Crippen molar-refractivity contribution in [2.75, 3.05) is 0 Å². The highest BCUT2D eigenvalue weighted by Crippen LogP contribution is 2.51. The highest BCUT2D eigenvalue weighted by molar-refractivity contribution is 6.16. The predicted octanol–water partition coefficient (Wildman–Crippen LogP) is 9.15. The average Bonchev–Trinajstić information content (AvgIpc) is 2.82. The van der Waals surface area contributed by atoms with Crippen molar-refractivity contribution in [2.24, 2.45) is 18.4 Å². The van der Waals surface area contributed by atoms with Gasteiger partial charge in [0, 0.05) is 17.0 Å². The number of rotatable bonds is 3. The van der Waals surface area contributed by atoms with Crippen LogP contribution in [-0.2, 0) is 19.9 Å². The molecule has 2 heteroatoms. The summed E-state index contributed by atoms with van der Waals surface area (Å²) in [5, 5.41) is 7.66. The van der Waals surface area contributed by atoms with Gasteiger partial charge in [0.1, 0.15) is 18.5 Å². The molecule has 0 atom stereocenters. The van der Waals surface area contributed by atoms with E-state index in [9.17, 15) is 0 Å². The lowest BCUT2D eigenvalue weighted by molar-refractivity contribution is -0.659. The van der Waals surface area contributed by atoms with Crippen LogP contribution < -0.4 is 9.30 Å². The van der Waals surface area contributed by atoms with Gasteiger partial charge in [-0.15, -0.1) is 0 Å². The van der Waals surface area contributed by atoms with Crippen molar-refractivity contribution < 1.29 is 9.30 Å². The Morgan fingerprint density at radius 1 is 0.811 bits per heavy atom. The summed E-state index contributed by atoms with van der Waals surface area (Å²) in [6, 6.07) is 18.5. The lowest BCUT2D eigenvalue weighted by Gasteiger charge is -2.25. The van der Waals surface area contributed by atoms with E-state index in [4.69, 9.17) is 4.74 Å². The molecule has 0 aliphatic carbocycles. The molecular weight excluding hydrogens is 450 g/mol. The Balaban J connectivity index is 1.67. The Kier molecular flexibility index (Phi) is 5.39. The van der Waals surface area contributed by atoms with Crippen molar-refractivity contribution in [3.05, 3.63) is 77.0 Å². The van der Waals surface area contributed by atoms with E-state index in [-0.39, 0.29) is 5.41 Å². The van der Waals surface area contributed by atoms with Gasteiger partial charge in [-0.1, -0.05) is 71.0 Å². The molecule has 0 fully saturated rings. The third kappa shape index (κ3) is 3.89. The molecule has 0 saturated heterocycles. The van der Waals surface area contributed by atoms with E-state index < -0.39 is 0 Å². The number of hydrogen-bond donors (Lipinski definition) is 0. The van der Waals surface area contributed by atoms with Crippen LogP contribution >= 0.6 is 0 Å². The van der Waals surface area contributed by atoms with Crippen molar-refractivity contribution in [1.29, 1.82) is 0 Å². The van der Waals surface area contributed by atoms with E-state index in [1.54, 1.807) is 0 Å². The molecule has 0 saturated carbocycles. The third-order valence-electron chi connectivity index (χ3n) is 7.93. The van der Waals surface area contributed by atoms with Crippen LogP contribution in [0.2, 0.25) is 0 Å². The van der Waals surface area contributed by atoms with E-state index in [1.807, 2.05) is 0 Å². The van der Waals surface area contributed by atoms with E-state index in [0.717, 1.165) is 24.3 Å². The Bertz CT molecular complexity index is 1730. The number of pyridine rings is 1. The summed E-state index contributed by atoms with van der Waals surface area (Å²) in [7, 11) is 2.17. The maximum Gasteiger partial charge on any atom is 0.228 e.